The van der Waals surface area contributed by atoms with Gasteiger partial charge in [0.15, 0.2) is 0 Å². The topological polar surface area (TPSA) is 52.9 Å². The lowest BCUT2D eigenvalue weighted by Gasteiger charge is -2.26. The van der Waals surface area contributed by atoms with E-state index in [1.165, 1.54) is 0 Å². The Morgan fingerprint density at radius 1 is 1.23 bits per heavy atom. The van der Waals surface area contributed by atoms with Crippen LogP contribution in [0.4, 0.5) is 0 Å². The summed E-state index contributed by atoms with van der Waals surface area (Å²) in [6.07, 6.45) is -0.519. The minimum Gasteiger partial charge on any atom is -0.390 e. The molecule has 3 unspecified atom stereocenters. The number of ether oxygens (including phenoxy) is 1. The van der Waals surface area contributed by atoms with Crippen LogP contribution in [0.15, 0.2) is 0 Å². The van der Waals surface area contributed by atoms with Gasteiger partial charge in [-0.05, 0) is 20.5 Å². The molecular weight excluding hydrogens is 170 g/mol. The highest BCUT2D eigenvalue weighted by Gasteiger charge is 2.20. The van der Waals surface area contributed by atoms with E-state index in [9.17, 15) is 10.2 Å². The van der Waals surface area contributed by atoms with Crippen LogP contribution >= 0.6 is 0 Å². The number of hydrogen-bond acceptors (Lipinski definition) is 4. The van der Waals surface area contributed by atoms with Crippen LogP contribution in [-0.2, 0) is 4.74 Å². The zero-order chi connectivity index (χ0) is 10.4. The Labute approximate surface area is 80.1 Å². The maximum absolute atomic E-state index is 9.51. The Bertz CT molecular complexity index is 130. The molecule has 80 valence electrons. The van der Waals surface area contributed by atoms with Crippen molar-refractivity contribution in [3.8, 4) is 0 Å². The molecule has 4 heteroatoms. The Hall–Kier alpha value is -0.160. The van der Waals surface area contributed by atoms with Gasteiger partial charge in [-0.1, -0.05) is 6.92 Å². The lowest BCUT2D eigenvalue weighted by atomic mass is 10.1. The van der Waals surface area contributed by atoms with Gasteiger partial charge in [-0.15, -0.1) is 0 Å². The van der Waals surface area contributed by atoms with E-state index in [0.29, 0.717) is 12.8 Å². The first-order valence-corrected chi connectivity index (χ1v) is 4.58. The molecule has 0 heterocycles. The number of nitrogens with zero attached hydrogens (tertiary/aromatic N) is 1. The molecule has 0 aromatic heterocycles. The molecule has 0 aliphatic carbocycles. The summed E-state index contributed by atoms with van der Waals surface area (Å²) in [6.45, 7) is 1.84. The van der Waals surface area contributed by atoms with Crippen molar-refractivity contribution in [2.75, 3.05) is 21.2 Å². The lowest BCUT2D eigenvalue weighted by molar-refractivity contribution is -0.0670. The second-order valence-corrected chi connectivity index (χ2v) is 3.43. The summed E-state index contributed by atoms with van der Waals surface area (Å²) in [5, 5.41) is 18.8. The fraction of sp³-hybridized carbons (Fsp3) is 1.00. The number of aliphatic hydroxyl groups is 2. The van der Waals surface area contributed by atoms with Crippen LogP contribution in [0.5, 0.6) is 0 Å². The molecule has 3 atom stereocenters. The van der Waals surface area contributed by atoms with E-state index < -0.39 is 12.2 Å². The third-order valence-electron chi connectivity index (χ3n) is 2.15. The van der Waals surface area contributed by atoms with Crippen LogP contribution in [0.25, 0.3) is 0 Å². The molecule has 0 aliphatic heterocycles. The predicted octanol–water partition coefficient (Wildman–Crippen LogP) is 0.0424. The first-order valence-electron chi connectivity index (χ1n) is 4.58. The fourth-order valence-electron chi connectivity index (χ4n) is 1.15. The molecule has 0 fully saturated rings. The van der Waals surface area contributed by atoms with Gasteiger partial charge in [0.05, 0.1) is 12.2 Å². The van der Waals surface area contributed by atoms with E-state index >= 15 is 0 Å². The average molecular weight is 191 g/mol. The van der Waals surface area contributed by atoms with E-state index in [1.54, 1.807) is 7.11 Å². The van der Waals surface area contributed by atoms with Crippen LogP contribution in [0.1, 0.15) is 19.8 Å². The molecule has 0 aromatic carbocycles. The quantitative estimate of drug-likeness (QED) is 0.582. The minimum atomic E-state index is -0.711. The van der Waals surface area contributed by atoms with Gasteiger partial charge in [-0.2, -0.15) is 0 Å². The molecule has 0 amide bonds. The molecule has 0 saturated carbocycles. The second kappa shape index (κ2) is 6.32. The number of aliphatic hydroxyl groups excluding tert-OH is 2. The Morgan fingerprint density at radius 2 is 1.77 bits per heavy atom. The molecule has 0 rings (SSSR count). The van der Waals surface area contributed by atoms with Crippen molar-refractivity contribution in [1.82, 2.24) is 4.90 Å². The lowest BCUT2D eigenvalue weighted by Crippen LogP contribution is -2.37. The standard InChI is InChI=1S/C9H21NO3/c1-5-7(11)8(12)6-9(13-4)10(2)3/h7-9,11-12H,5-6H2,1-4H3. The van der Waals surface area contributed by atoms with Gasteiger partial charge in [0.2, 0.25) is 0 Å². The summed E-state index contributed by atoms with van der Waals surface area (Å²) < 4.78 is 5.13. The zero-order valence-electron chi connectivity index (χ0n) is 8.90. The maximum Gasteiger partial charge on any atom is 0.112 e. The molecule has 0 aliphatic rings. The zero-order valence-corrected chi connectivity index (χ0v) is 8.90. The van der Waals surface area contributed by atoms with Crippen LogP contribution in [0.2, 0.25) is 0 Å². The Kier molecular flexibility index (Phi) is 6.24. The first-order chi connectivity index (χ1) is 6.02. The Morgan fingerprint density at radius 3 is 2.08 bits per heavy atom. The Balaban J connectivity index is 3.93. The smallest absolute Gasteiger partial charge is 0.112 e. The third-order valence-corrected chi connectivity index (χ3v) is 2.15. The molecule has 0 saturated heterocycles. The van der Waals surface area contributed by atoms with Crippen LogP contribution < -0.4 is 0 Å². The summed E-state index contributed by atoms with van der Waals surface area (Å²) in [5.41, 5.74) is 0. The van der Waals surface area contributed by atoms with Crippen molar-refractivity contribution in [2.24, 2.45) is 0 Å². The van der Waals surface area contributed by atoms with E-state index in [1.807, 2.05) is 25.9 Å². The average Bonchev–Trinajstić information content (AvgIpc) is 2.11. The predicted molar refractivity (Wildman–Crippen MR) is 51.4 cm³/mol. The van der Waals surface area contributed by atoms with Gasteiger partial charge < -0.3 is 14.9 Å². The molecule has 2 N–H and O–H groups in total. The first kappa shape index (κ1) is 12.8. The molecule has 13 heavy (non-hydrogen) atoms. The van der Waals surface area contributed by atoms with Crippen LogP contribution in [0, 0.1) is 0 Å². The molecule has 0 aromatic rings. The van der Waals surface area contributed by atoms with E-state index in [-0.39, 0.29) is 6.23 Å². The largest absolute Gasteiger partial charge is 0.390 e. The van der Waals surface area contributed by atoms with Gasteiger partial charge in [-0.25, -0.2) is 0 Å². The molecule has 0 radical (unpaired) electrons. The van der Waals surface area contributed by atoms with Gasteiger partial charge in [0.1, 0.15) is 6.23 Å². The molecule has 0 spiro atoms. The normalized spacial score (nSPS) is 18.7. The number of rotatable bonds is 6. The molecular formula is C9H21NO3. The van der Waals surface area contributed by atoms with Gasteiger partial charge in [0.25, 0.3) is 0 Å². The second-order valence-electron chi connectivity index (χ2n) is 3.43. The van der Waals surface area contributed by atoms with Crippen molar-refractivity contribution < 1.29 is 14.9 Å². The highest BCUT2D eigenvalue weighted by molar-refractivity contribution is 4.69. The van der Waals surface area contributed by atoms with Gasteiger partial charge >= 0.3 is 0 Å². The van der Waals surface area contributed by atoms with Crippen molar-refractivity contribution in [2.45, 2.75) is 38.2 Å². The highest BCUT2D eigenvalue weighted by Crippen LogP contribution is 2.09. The number of hydrogen-bond donors (Lipinski definition) is 2. The van der Waals surface area contributed by atoms with Gasteiger partial charge in [-0.3, -0.25) is 4.90 Å². The monoisotopic (exact) mass is 191 g/mol. The summed E-state index contributed by atoms with van der Waals surface area (Å²) in [6, 6.07) is 0. The van der Waals surface area contributed by atoms with E-state index in [4.69, 9.17) is 4.74 Å². The summed E-state index contributed by atoms with van der Waals surface area (Å²) in [5.74, 6) is 0. The van der Waals surface area contributed by atoms with Crippen LogP contribution in [-0.4, -0.2) is 54.8 Å². The van der Waals surface area contributed by atoms with Gasteiger partial charge in [0, 0.05) is 13.5 Å². The van der Waals surface area contributed by atoms with Crippen molar-refractivity contribution in [1.29, 1.82) is 0 Å². The van der Waals surface area contributed by atoms with Crippen LogP contribution in [0.3, 0.4) is 0 Å². The third kappa shape index (κ3) is 4.57. The SMILES string of the molecule is CCC(O)C(O)CC(OC)N(C)C. The molecule has 0 bridgehead atoms. The fourth-order valence-corrected chi connectivity index (χ4v) is 1.15. The highest BCUT2D eigenvalue weighted by atomic mass is 16.5. The summed E-state index contributed by atoms with van der Waals surface area (Å²) in [4.78, 5) is 1.87. The number of methoxy groups -OCH3 is 1. The van der Waals surface area contributed by atoms with Crippen molar-refractivity contribution in [3.05, 3.63) is 0 Å². The maximum atomic E-state index is 9.51. The molecule has 4 nitrogen and oxygen atoms in total. The minimum absolute atomic E-state index is 0.142. The summed E-state index contributed by atoms with van der Waals surface area (Å²) >= 11 is 0. The van der Waals surface area contributed by atoms with Crippen molar-refractivity contribution in [3.63, 3.8) is 0 Å². The van der Waals surface area contributed by atoms with Crippen molar-refractivity contribution >= 4 is 0 Å². The summed E-state index contributed by atoms with van der Waals surface area (Å²) in [7, 11) is 5.34. The van der Waals surface area contributed by atoms with E-state index in [2.05, 4.69) is 0 Å². The van der Waals surface area contributed by atoms with E-state index in [0.717, 1.165) is 0 Å².